The number of carbonyl (C=O) groups is 1. The van der Waals surface area contributed by atoms with Gasteiger partial charge >= 0.3 is 6.09 Å². The van der Waals surface area contributed by atoms with Crippen molar-refractivity contribution in [3.8, 4) is 11.1 Å². The third kappa shape index (κ3) is 4.72. The van der Waals surface area contributed by atoms with Crippen molar-refractivity contribution in [2.45, 2.75) is 50.3 Å². The topological polar surface area (TPSA) is 62.2 Å². The maximum absolute atomic E-state index is 12.6. The number of ether oxygens (including phenoxy) is 2. The molecular formula is C28H36N2O4. The highest BCUT2D eigenvalue weighted by molar-refractivity contribution is 5.69. The highest BCUT2D eigenvalue weighted by Gasteiger charge is 2.55. The van der Waals surface area contributed by atoms with Crippen LogP contribution in [0.5, 0.6) is 0 Å². The zero-order valence-corrected chi connectivity index (χ0v) is 20.1. The normalized spacial score (nSPS) is 25.0. The smallest absolute Gasteiger partial charge is 0.408 e. The molecule has 1 unspecified atom stereocenters. The molecule has 6 heteroatoms. The molecular weight excluding hydrogens is 428 g/mol. The van der Waals surface area contributed by atoms with Gasteiger partial charge in [0.25, 0.3) is 0 Å². The molecule has 1 aliphatic carbocycles. The third-order valence-electron chi connectivity index (χ3n) is 8.05. The second-order valence-corrected chi connectivity index (χ2v) is 10.0. The Morgan fingerprint density at radius 1 is 0.971 bits per heavy atom. The van der Waals surface area contributed by atoms with E-state index in [1.807, 2.05) is 4.90 Å². The van der Waals surface area contributed by atoms with Crippen molar-refractivity contribution >= 4 is 6.09 Å². The van der Waals surface area contributed by atoms with Crippen molar-refractivity contribution in [1.82, 2.24) is 9.80 Å². The summed E-state index contributed by atoms with van der Waals surface area (Å²) in [5, 5.41) is 10.3. The molecule has 3 aliphatic heterocycles. The molecule has 4 aliphatic rings. The van der Waals surface area contributed by atoms with E-state index >= 15 is 0 Å². The van der Waals surface area contributed by atoms with Gasteiger partial charge in [-0.2, -0.15) is 0 Å². The van der Waals surface area contributed by atoms with Crippen molar-refractivity contribution in [3.63, 3.8) is 0 Å². The molecule has 6 rings (SSSR count). The van der Waals surface area contributed by atoms with Crippen LogP contribution in [0, 0.1) is 5.92 Å². The number of piperidine rings is 1. The van der Waals surface area contributed by atoms with E-state index in [1.165, 1.54) is 0 Å². The summed E-state index contributed by atoms with van der Waals surface area (Å²) in [5.74, 6) is 0.489. The van der Waals surface area contributed by atoms with Gasteiger partial charge in [0.05, 0.1) is 25.4 Å². The lowest BCUT2D eigenvalue weighted by Crippen LogP contribution is -2.50. The minimum Gasteiger partial charge on any atom is -0.465 e. The van der Waals surface area contributed by atoms with Crippen LogP contribution in [-0.4, -0.2) is 67.0 Å². The lowest BCUT2D eigenvalue weighted by molar-refractivity contribution is 0.0614. The maximum atomic E-state index is 12.6. The summed E-state index contributed by atoms with van der Waals surface area (Å²) in [6.45, 7) is 5.03. The van der Waals surface area contributed by atoms with Crippen LogP contribution in [0.3, 0.4) is 0 Å². The van der Waals surface area contributed by atoms with Crippen molar-refractivity contribution in [3.05, 3.63) is 59.7 Å². The Morgan fingerprint density at radius 2 is 1.59 bits per heavy atom. The molecule has 2 aromatic carbocycles. The predicted molar refractivity (Wildman–Crippen MR) is 132 cm³/mol. The Labute approximate surface area is 202 Å². The molecule has 0 aromatic heterocycles. The van der Waals surface area contributed by atoms with Gasteiger partial charge in [-0.25, -0.2) is 4.79 Å². The molecule has 3 saturated heterocycles. The number of benzene rings is 2. The van der Waals surface area contributed by atoms with E-state index in [1.54, 1.807) is 7.11 Å². The standard InChI is InChI=1S/C28H36N2O4/c1-33-18-19-34-20-21-2-4-22(5-3-21)23-6-8-25(9-7-23)28(13-14-28)30(27(31)32)26-12-17-29-15-10-24(26)11-16-29/h2-9,24,26H,10-20H2,1H3,(H,31,32). The molecule has 0 radical (unpaired) electrons. The number of carboxylic acid groups (broad SMARTS) is 1. The molecule has 34 heavy (non-hydrogen) atoms. The first-order valence-corrected chi connectivity index (χ1v) is 12.6. The van der Waals surface area contributed by atoms with Crippen LogP contribution >= 0.6 is 0 Å². The van der Waals surface area contributed by atoms with Gasteiger partial charge in [0.15, 0.2) is 0 Å². The van der Waals surface area contributed by atoms with Gasteiger partial charge in [0.2, 0.25) is 0 Å². The van der Waals surface area contributed by atoms with E-state index in [9.17, 15) is 9.90 Å². The summed E-state index contributed by atoms with van der Waals surface area (Å²) < 4.78 is 10.6. The number of nitrogens with zero attached hydrogens (tertiary/aromatic N) is 2. The van der Waals surface area contributed by atoms with Gasteiger partial charge in [0.1, 0.15) is 0 Å². The summed E-state index contributed by atoms with van der Waals surface area (Å²) in [4.78, 5) is 16.9. The van der Waals surface area contributed by atoms with Crippen molar-refractivity contribution in [2.24, 2.45) is 5.92 Å². The Bertz CT molecular complexity index is 963. The number of hydrogen-bond donors (Lipinski definition) is 1. The minimum atomic E-state index is -0.754. The summed E-state index contributed by atoms with van der Waals surface area (Å²) in [6.07, 6.45) is 4.29. The van der Waals surface area contributed by atoms with Crippen LogP contribution in [0.2, 0.25) is 0 Å². The lowest BCUT2D eigenvalue weighted by atomic mass is 9.87. The molecule has 4 fully saturated rings. The summed E-state index contributed by atoms with van der Waals surface area (Å²) >= 11 is 0. The number of rotatable bonds is 9. The van der Waals surface area contributed by atoms with Gasteiger partial charge in [0, 0.05) is 19.7 Å². The van der Waals surface area contributed by atoms with Crippen LogP contribution in [0.4, 0.5) is 4.79 Å². The molecule has 6 nitrogen and oxygen atoms in total. The molecule has 3 heterocycles. The molecule has 2 bridgehead atoms. The third-order valence-corrected chi connectivity index (χ3v) is 8.05. The van der Waals surface area contributed by atoms with Crippen molar-refractivity contribution in [2.75, 3.05) is 40.0 Å². The molecule has 1 N–H and O–H groups in total. The minimum absolute atomic E-state index is 0.130. The van der Waals surface area contributed by atoms with Crippen LogP contribution < -0.4 is 0 Å². The number of methoxy groups -OCH3 is 1. The SMILES string of the molecule is COCCOCc1ccc(-c2ccc(C3(N(C(=O)O)C4CCN5CCC4CC5)CC3)cc2)cc1. The Kier molecular flexibility index (Phi) is 6.91. The van der Waals surface area contributed by atoms with E-state index in [2.05, 4.69) is 53.4 Å². The monoisotopic (exact) mass is 464 g/mol. The van der Waals surface area contributed by atoms with E-state index in [-0.39, 0.29) is 11.6 Å². The summed E-state index contributed by atoms with van der Waals surface area (Å²) in [6, 6.07) is 17.2. The van der Waals surface area contributed by atoms with Crippen LogP contribution in [0.1, 0.15) is 43.2 Å². The van der Waals surface area contributed by atoms with Crippen LogP contribution in [0.25, 0.3) is 11.1 Å². The second kappa shape index (κ2) is 10.1. The van der Waals surface area contributed by atoms with Gasteiger partial charge < -0.3 is 19.5 Å². The Balaban J connectivity index is 1.31. The van der Waals surface area contributed by atoms with E-state index in [4.69, 9.17) is 9.47 Å². The Hall–Kier alpha value is -2.41. The summed E-state index contributed by atoms with van der Waals surface area (Å²) in [5.41, 5.74) is 4.23. The average Bonchev–Trinajstić information content (AvgIpc) is 3.70. The zero-order chi connectivity index (χ0) is 23.5. The van der Waals surface area contributed by atoms with Crippen LogP contribution in [0.15, 0.2) is 48.5 Å². The highest BCUT2D eigenvalue weighted by atomic mass is 16.5. The fraction of sp³-hybridized carbons (Fsp3) is 0.536. The molecule has 182 valence electrons. The first-order chi connectivity index (χ1) is 16.6. The zero-order valence-electron chi connectivity index (χ0n) is 20.1. The molecule has 1 atom stereocenters. The van der Waals surface area contributed by atoms with Crippen molar-refractivity contribution < 1.29 is 19.4 Å². The average molecular weight is 465 g/mol. The molecule has 1 amide bonds. The lowest BCUT2D eigenvalue weighted by Gasteiger charge is -2.40. The van der Waals surface area contributed by atoms with E-state index in [0.717, 1.165) is 74.0 Å². The molecule has 1 saturated carbocycles. The largest absolute Gasteiger partial charge is 0.465 e. The first-order valence-electron chi connectivity index (χ1n) is 12.6. The summed E-state index contributed by atoms with van der Waals surface area (Å²) in [7, 11) is 1.67. The van der Waals surface area contributed by atoms with Gasteiger partial charge in [-0.15, -0.1) is 0 Å². The fourth-order valence-corrected chi connectivity index (χ4v) is 5.98. The molecule has 0 spiro atoms. The van der Waals surface area contributed by atoms with Crippen LogP contribution in [-0.2, 0) is 21.6 Å². The van der Waals surface area contributed by atoms with Crippen molar-refractivity contribution in [1.29, 1.82) is 0 Å². The number of amides is 1. The van der Waals surface area contributed by atoms with Gasteiger partial charge in [-0.05, 0) is 73.4 Å². The molecule has 2 aromatic rings. The first kappa shape index (κ1) is 23.3. The quantitative estimate of drug-likeness (QED) is 0.531. The van der Waals surface area contributed by atoms with Gasteiger partial charge in [-0.1, -0.05) is 48.5 Å². The maximum Gasteiger partial charge on any atom is 0.408 e. The van der Waals surface area contributed by atoms with E-state index in [0.29, 0.717) is 25.7 Å². The highest BCUT2D eigenvalue weighted by Crippen LogP contribution is 2.54. The fourth-order valence-electron chi connectivity index (χ4n) is 5.98. The second-order valence-electron chi connectivity index (χ2n) is 10.0. The van der Waals surface area contributed by atoms with E-state index < -0.39 is 6.09 Å². The van der Waals surface area contributed by atoms with Gasteiger partial charge in [-0.3, -0.25) is 4.90 Å². The number of fused-ring (bicyclic) bond motifs is 4. The predicted octanol–water partition coefficient (Wildman–Crippen LogP) is 4.97. The number of hydrogen-bond acceptors (Lipinski definition) is 4. The Morgan fingerprint density at radius 3 is 2.18 bits per heavy atom.